The van der Waals surface area contributed by atoms with Gasteiger partial charge >= 0.3 is 24.5 Å². The first-order valence-electron chi connectivity index (χ1n) is 17.9. The topological polar surface area (TPSA) is 186 Å². The molecule has 28 heteroatoms. The molecule has 6 aromatic rings. The quantitative estimate of drug-likeness (QED) is 0.0428. The number of nitrogen functional groups attached to an aromatic ring is 1. The van der Waals surface area contributed by atoms with Crippen molar-refractivity contribution in [1.82, 2.24) is 15.0 Å². The van der Waals surface area contributed by atoms with Gasteiger partial charge in [0.1, 0.15) is 19.6 Å². The van der Waals surface area contributed by atoms with Gasteiger partial charge in [-0.1, -0.05) is 72.0 Å². The maximum absolute atomic E-state index is 12.7. The van der Waals surface area contributed by atoms with Gasteiger partial charge in [-0.25, -0.2) is 19.7 Å². The minimum absolute atomic E-state index is 0. The fourth-order valence-corrected chi connectivity index (χ4v) is 7.26. The van der Waals surface area contributed by atoms with E-state index in [0.29, 0.717) is 21.2 Å². The minimum atomic E-state index is -4.59. The van der Waals surface area contributed by atoms with Crippen molar-refractivity contribution in [2.45, 2.75) is 59.2 Å². The number of nitrogens with one attached hydrogen (secondary N) is 2. The highest BCUT2D eigenvalue weighted by Gasteiger charge is 2.35. The summed E-state index contributed by atoms with van der Waals surface area (Å²) in [7, 11) is 0. The second-order valence-corrected chi connectivity index (χ2v) is 16.7. The van der Waals surface area contributed by atoms with Gasteiger partial charge in [0.25, 0.3) is 11.8 Å². The van der Waals surface area contributed by atoms with Gasteiger partial charge in [0, 0.05) is 32.0 Å². The van der Waals surface area contributed by atoms with Gasteiger partial charge < -0.3 is 27.2 Å². The second kappa shape index (κ2) is 28.9. The Morgan fingerprint density at radius 2 is 0.941 bits per heavy atom. The number of alkyl halides is 10. The maximum atomic E-state index is 12.7. The van der Waals surface area contributed by atoms with E-state index in [4.69, 9.17) is 51.4 Å². The van der Waals surface area contributed by atoms with Gasteiger partial charge in [0.2, 0.25) is 0 Å². The van der Waals surface area contributed by atoms with Gasteiger partial charge in [-0.2, -0.15) is 39.5 Å². The van der Waals surface area contributed by atoms with E-state index in [2.05, 4.69) is 41.5 Å². The number of carboxylic acids is 1. The van der Waals surface area contributed by atoms with E-state index in [-0.39, 0.29) is 49.3 Å². The van der Waals surface area contributed by atoms with Gasteiger partial charge in [-0.3, -0.25) is 9.59 Å². The molecule has 3 aromatic heterocycles. The molecular weight excluding hydrogens is 1110 g/mol. The number of rotatable bonds is 8. The molecule has 68 heavy (non-hydrogen) atoms. The number of amides is 2. The number of thiazole rings is 3. The molecule has 0 spiro atoms. The van der Waals surface area contributed by atoms with E-state index in [0.717, 1.165) is 64.2 Å². The summed E-state index contributed by atoms with van der Waals surface area (Å²) >= 11 is 22.8. The molecule has 0 aliphatic heterocycles. The third-order valence-electron chi connectivity index (χ3n) is 7.45. The van der Waals surface area contributed by atoms with Crippen LogP contribution in [0.3, 0.4) is 0 Å². The van der Waals surface area contributed by atoms with Crippen LogP contribution in [0.15, 0.2) is 73.2 Å². The molecule has 0 unspecified atom stereocenters. The number of nitrogens with zero attached hydrogens (tertiary/aromatic N) is 3. The number of carbonyl (C=O) groups excluding carboxylic acids is 2. The SMILES string of the molecule is C.CBr.CCc1ncc(C(=O)Nc2ccc(Cl)c(C(F)(F)F)c2)s1.CCc1ncc(C(=O)O)s1.NCc1ncc(C(=O)Nc2ccc(Cl)c(C(F)(F)F)c2)s1.Nc1ccc(Cl)c(C(F)(F)F)c1.[B]. The average Bonchev–Trinajstić information content (AvgIpc) is 4.05. The van der Waals surface area contributed by atoms with Crippen LogP contribution >= 0.6 is 84.7 Å². The van der Waals surface area contributed by atoms with Crippen molar-refractivity contribution < 1.29 is 59.0 Å². The Balaban J connectivity index is 0.000000896. The lowest BCUT2D eigenvalue weighted by atomic mass is 10.2. The van der Waals surface area contributed by atoms with E-state index in [9.17, 15) is 53.9 Å². The van der Waals surface area contributed by atoms with Crippen LogP contribution in [0.4, 0.5) is 56.6 Å². The Bertz CT molecular complexity index is 2450. The number of anilines is 3. The molecule has 0 atom stereocenters. The van der Waals surface area contributed by atoms with Crippen molar-refractivity contribution in [3.63, 3.8) is 0 Å². The summed E-state index contributed by atoms with van der Waals surface area (Å²) in [6, 6.07) is 9.63. The van der Waals surface area contributed by atoms with E-state index >= 15 is 0 Å². The summed E-state index contributed by atoms with van der Waals surface area (Å²) in [5.74, 6) is -0.130. The monoisotopic (exact) mass is 1140 g/mol. The van der Waals surface area contributed by atoms with Crippen LogP contribution < -0.4 is 22.1 Å². The molecule has 0 bridgehead atoms. The number of hydrogen-bond acceptors (Lipinski definition) is 11. The molecule has 3 aromatic carbocycles. The fraction of sp³-hybridized carbons (Fsp3) is 0.250. The van der Waals surface area contributed by atoms with Crippen LogP contribution in [0.25, 0.3) is 0 Å². The lowest BCUT2D eigenvalue weighted by Gasteiger charge is -2.11. The molecular formula is C40H38BBrCl3F9N7O4S3. The standard InChI is InChI=1S/C13H10ClF3N2OS.C12H9ClF3N3OS.C7H5ClF3N.C6H7NO2S.CH3Br.CH4.B/c1-2-11-18-6-10(21-11)12(20)19-7-3-4-9(14)8(5-7)13(15,16)17;13-8-2-1-6(3-7(8)12(14,15)16)19-11(20)9-5-18-10(4-17)21-9;8-6-2-1-4(12)3-5(6)7(9,10)11;1-2-5-7-3-4(10-5)6(8)9;1-2;;/h3-6H,2H2,1H3,(H,19,20);1-3,5H,4,17H2,(H,19,20);1-3H,12H2;3H,2H2,1H3,(H,8,9);1H3;1H4;. The number of hydrogen-bond donors (Lipinski definition) is 5. The lowest BCUT2D eigenvalue weighted by molar-refractivity contribution is -0.138. The van der Waals surface area contributed by atoms with Gasteiger partial charge in [-0.15, -0.1) is 34.0 Å². The molecule has 6 rings (SSSR count). The molecule has 0 saturated heterocycles. The van der Waals surface area contributed by atoms with Gasteiger partial charge in [-0.05, 0) is 73.3 Å². The number of aromatic nitrogens is 3. The molecule has 0 fully saturated rings. The first-order valence-corrected chi connectivity index (χ1v) is 23.1. The normalized spacial score (nSPS) is 10.7. The third-order valence-corrected chi connectivity index (χ3v) is 11.7. The van der Waals surface area contributed by atoms with E-state index in [1.807, 2.05) is 19.7 Å². The molecule has 2 amide bonds. The predicted molar refractivity (Wildman–Crippen MR) is 257 cm³/mol. The van der Waals surface area contributed by atoms with Crippen molar-refractivity contribution in [3.05, 3.63) is 135 Å². The first-order chi connectivity index (χ1) is 30.8. The van der Waals surface area contributed by atoms with Crippen LogP contribution in [-0.4, -0.2) is 52.1 Å². The van der Waals surface area contributed by atoms with Crippen molar-refractivity contribution in [3.8, 4) is 0 Å². The van der Waals surface area contributed by atoms with E-state index in [1.54, 1.807) is 0 Å². The highest BCUT2D eigenvalue weighted by molar-refractivity contribution is 9.08. The van der Waals surface area contributed by atoms with Crippen LogP contribution in [0.2, 0.25) is 15.1 Å². The summed E-state index contributed by atoms with van der Waals surface area (Å²) in [4.78, 5) is 46.9. The Morgan fingerprint density at radius 3 is 1.24 bits per heavy atom. The highest BCUT2D eigenvalue weighted by atomic mass is 79.9. The number of halogens is 13. The number of aromatic carboxylic acids is 1. The van der Waals surface area contributed by atoms with Gasteiger partial charge in [0.05, 0.1) is 60.4 Å². The van der Waals surface area contributed by atoms with Crippen molar-refractivity contribution >= 4 is 128 Å². The lowest BCUT2D eigenvalue weighted by Crippen LogP contribution is -2.12. The summed E-state index contributed by atoms with van der Waals surface area (Å²) in [5.41, 5.74) is 7.73. The Hall–Kier alpha value is -4.50. The molecule has 7 N–H and O–H groups in total. The number of benzene rings is 3. The minimum Gasteiger partial charge on any atom is -0.477 e. The molecule has 0 aliphatic carbocycles. The second-order valence-electron chi connectivity index (χ2n) is 12.1. The molecule has 3 radical (unpaired) electrons. The van der Waals surface area contributed by atoms with Crippen LogP contribution in [-0.2, 0) is 37.9 Å². The Kier molecular flexibility index (Phi) is 27.0. The number of carboxylic acid groups (broad SMARTS) is 1. The molecule has 3 heterocycles. The average molecular weight is 1150 g/mol. The smallest absolute Gasteiger partial charge is 0.417 e. The van der Waals surface area contributed by atoms with Gasteiger partial charge in [0.15, 0.2) is 0 Å². The van der Waals surface area contributed by atoms with Crippen LogP contribution in [0.1, 0.15) is 82.0 Å². The van der Waals surface area contributed by atoms with Crippen molar-refractivity contribution in [1.29, 1.82) is 0 Å². The zero-order valence-electron chi connectivity index (χ0n) is 34.4. The first kappa shape index (κ1) is 63.5. The summed E-state index contributed by atoms with van der Waals surface area (Å²) < 4.78 is 113. The van der Waals surface area contributed by atoms with E-state index < -0.39 is 63.0 Å². The molecule has 369 valence electrons. The highest BCUT2D eigenvalue weighted by Crippen LogP contribution is 2.38. The van der Waals surface area contributed by atoms with E-state index in [1.165, 1.54) is 59.5 Å². The van der Waals surface area contributed by atoms with Crippen molar-refractivity contribution in [2.24, 2.45) is 5.73 Å². The van der Waals surface area contributed by atoms with Crippen LogP contribution in [0.5, 0.6) is 0 Å². The largest absolute Gasteiger partial charge is 0.477 e. The number of nitrogens with two attached hydrogens (primary N) is 2. The zero-order chi connectivity index (χ0) is 50.2. The Morgan fingerprint density at radius 1 is 0.618 bits per heavy atom. The summed E-state index contributed by atoms with van der Waals surface area (Å²) in [6.07, 6.45) is -7.98. The van der Waals surface area contributed by atoms with Crippen molar-refractivity contribution in [2.75, 3.05) is 22.2 Å². The predicted octanol–water partition coefficient (Wildman–Crippen LogP) is 13.8. The molecule has 0 saturated carbocycles. The summed E-state index contributed by atoms with van der Waals surface area (Å²) in [6.45, 7) is 4.04. The molecule has 0 aliphatic rings. The third kappa shape index (κ3) is 20.2. The summed E-state index contributed by atoms with van der Waals surface area (Å²) in [5, 5.41) is 14.3. The van der Waals surface area contributed by atoms with Crippen LogP contribution in [0, 0.1) is 0 Å². The Labute approximate surface area is 421 Å². The molecule has 11 nitrogen and oxygen atoms in total. The zero-order valence-corrected chi connectivity index (χ0v) is 40.7. The number of carbonyl (C=O) groups is 3. The maximum Gasteiger partial charge on any atom is 0.417 e. The number of aryl methyl sites for hydroxylation is 2. The fourth-order valence-electron chi connectivity index (χ4n) is 4.45.